The predicted molar refractivity (Wildman–Crippen MR) is 90.2 cm³/mol. The summed E-state index contributed by atoms with van der Waals surface area (Å²) in [6.45, 7) is 0. The Hall–Kier alpha value is -2.28. The van der Waals surface area contributed by atoms with Crippen molar-refractivity contribution in [2.75, 3.05) is 5.32 Å². The van der Waals surface area contributed by atoms with Crippen LogP contribution in [0, 0.1) is 5.92 Å². The van der Waals surface area contributed by atoms with Gasteiger partial charge in [-0.25, -0.2) is 4.68 Å². The number of carbonyl (C=O) groups excluding carboxylic acids is 1. The van der Waals surface area contributed by atoms with Crippen LogP contribution in [0.15, 0.2) is 24.3 Å². The molecule has 7 heteroatoms. The molecule has 2 heterocycles. The Morgan fingerprint density at radius 2 is 2.21 bits per heavy atom. The van der Waals surface area contributed by atoms with Crippen LogP contribution in [-0.4, -0.2) is 38.2 Å². The number of aryl methyl sites for hydroxylation is 1. The topological polar surface area (TPSA) is 84.7 Å². The fraction of sp³-hybridized carbons (Fsp3) is 0.529. The first-order valence-electron chi connectivity index (χ1n) is 8.60. The molecule has 24 heavy (non-hydrogen) atoms. The van der Waals surface area contributed by atoms with E-state index < -0.39 is 0 Å². The molecular weight excluding hydrogens is 304 g/mol. The molecule has 3 unspecified atom stereocenters. The number of fused-ring (bicyclic) bond motifs is 1. The van der Waals surface area contributed by atoms with E-state index in [4.69, 9.17) is 0 Å². The van der Waals surface area contributed by atoms with Crippen LogP contribution >= 0.6 is 0 Å². The van der Waals surface area contributed by atoms with Crippen molar-refractivity contribution in [2.45, 2.75) is 44.2 Å². The van der Waals surface area contributed by atoms with Gasteiger partial charge in [-0.05, 0) is 47.7 Å². The molecule has 2 aliphatic rings. The van der Waals surface area contributed by atoms with E-state index in [0.29, 0.717) is 17.8 Å². The van der Waals surface area contributed by atoms with E-state index in [1.165, 1.54) is 25.7 Å². The highest BCUT2D eigenvalue weighted by Gasteiger charge is 2.38. The first-order chi connectivity index (χ1) is 11.7. The number of hydrogen-bond donors (Lipinski definition) is 2. The van der Waals surface area contributed by atoms with Gasteiger partial charge in [-0.2, -0.15) is 0 Å². The summed E-state index contributed by atoms with van der Waals surface area (Å²) in [7, 11) is 1.80. The third-order valence-corrected chi connectivity index (χ3v) is 5.19. The van der Waals surface area contributed by atoms with Gasteiger partial charge in [0.15, 0.2) is 5.82 Å². The average Bonchev–Trinajstić information content (AvgIpc) is 3.21. The quantitative estimate of drug-likeness (QED) is 0.897. The van der Waals surface area contributed by atoms with Gasteiger partial charge in [-0.1, -0.05) is 25.0 Å². The maximum atomic E-state index is 12.6. The molecule has 1 aromatic carbocycles. The van der Waals surface area contributed by atoms with E-state index >= 15 is 0 Å². The Bertz CT molecular complexity index is 728. The van der Waals surface area contributed by atoms with Crippen molar-refractivity contribution in [1.82, 2.24) is 25.5 Å². The molecule has 0 radical (unpaired) electrons. The van der Waals surface area contributed by atoms with Crippen molar-refractivity contribution < 1.29 is 4.79 Å². The Kier molecular flexibility index (Phi) is 4.02. The highest BCUT2D eigenvalue weighted by molar-refractivity contribution is 5.95. The van der Waals surface area contributed by atoms with Crippen LogP contribution in [0.2, 0.25) is 0 Å². The lowest BCUT2D eigenvalue weighted by atomic mass is 9.85. The summed E-state index contributed by atoms with van der Waals surface area (Å²) < 4.78 is 1.62. The number of nitrogens with zero attached hydrogens (tertiary/aromatic N) is 4. The maximum Gasteiger partial charge on any atom is 0.241 e. The van der Waals surface area contributed by atoms with Crippen LogP contribution in [-0.2, 0) is 11.8 Å². The molecule has 1 amide bonds. The molecule has 2 aromatic rings. The Balaban J connectivity index is 1.46. The van der Waals surface area contributed by atoms with Gasteiger partial charge in [0.2, 0.25) is 5.91 Å². The van der Waals surface area contributed by atoms with Gasteiger partial charge in [0.1, 0.15) is 0 Å². The minimum Gasteiger partial charge on any atom is -0.325 e. The number of carbonyl (C=O) groups is 1. The highest BCUT2D eigenvalue weighted by atomic mass is 16.2. The van der Waals surface area contributed by atoms with E-state index in [9.17, 15) is 4.79 Å². The number of benzene rings is 1. The molecule has 1 aromatic heterocycles. The van der Waals surface area contributed by atoms with Crippen molar-refractivity contribution in [3.8, 4) is 11.4 Å². The predicted octanol–water partition coefficient (Wildman–Crippen LogP) is 1.74. The molecular formula is C17H22N6O. The molecule has 1 saturated carbocycles. The number of tetrazole rings is 1. The third kappa shape index (κ3) is 2.91. The first-order valence-corrected chi connectivity index (χ1v) is 8.60. The zero-order chi connectivity index (χ0) is 16.5. The van der Waals surface area contributed by atoms with Crippen LogP contribution in [0.5, 0.6) is 0 Å². The number of nitrogens with one attached hydrogen (secondary N) is 2. The Morgan fingerprint density at radius 1 is 1.33 bits per heavy atom. The van der Waals surface area contributed by atoms with Crippen LogP contribution in [0.25, 0.3) is 11.4 Å². The minimum atomic E-state index is -0.0850. The Labute approximate surface area is 140 Å². The fourth-order valence-corrected chi connectivity index (χ4v) is 3.96. The van der Waals surface area contributed by atoms with E-state index in [1.807, 2.05) is 24.3 Å². The van der Waals surface area contributed by atoms with Gasteiger partial charge in [0.05, 0.1) is 6.04 Å². The standard InChI is InChI=1S/C17H22N6O/c1-23-16(20-21-22-23)12-6-4-7-13(9-12)18-17(24)15-10-11-5-2-3-8-14(11)19-15/h4,6-7,9,11,14-15,19H,2-3,5,8,10H2,1H3,(H,18,24). The minimum absolute atomic E-state index is 0.0534. The first kappa shape index (κ1) is 15.3. The molecule has 2 fully saturated rings. The number of anilines is 1. The third-order valence-electron chi connectivity index (χ3n) is 5.19. The lowest BCUT2D eigenvalue weighted by Gasteiger charge is -2.24. The fourth-order valence-electron chi connectivity index (χ4n) is 3.96. The molecule has 1 saturated heterocycles. The molecule has 4 rings (SSSR count). The van der Waals surface area contributed by atoms with Crippen LogP contribution < -0.4 is 10.6 Å². The molecule has 7 nitrogen and oxygen atoms in total. The average molecular weight is 326 g/mol. The maximum absolute atomic E-state index is 12.6. The van der Waals surface area contributed by atoms with E-state index in [1.54, 1.807) is 11.7 Å². The van der Waals surface area contributed by atoms with Gasteiger partial charge in [-0.15, -0.1) is 5.10 Å². The number of hydrogen-bond acceptors (Lipinski definition) is 5. The Morgan fingerprint density at radius 3 is 3.00 bits per heavy atom. The second-order valence-electron chi connectivity index (χ2n) is 6.80. The van der Waals surface area contributed by atoms with Gasteiger partial charge in [-0.3, -0.25) is 4.79 Å². The summed E-state index contributed by atoms with van der Waals surface area (Å²) in [6.07, 6.45) is 5.96. The summed E-state index contributed by atoms with van der Waals surface area (Å²) in [4.78, 5) is 12.6. The number of amides is 1. The van der Waals surface area contributed by atoms with Crippen LogP contribution in [0.4, 0.5) is 5.69 Å². The lowest BCUT2D eigenvalue weighted by Crippen LogP contribution is -2.39. The molecule has 3 atom stereocenters. The van der Waals surface area contributed by atoms with Gasteiger partial charge < -0.3 is 10.6 Å². The molecule has 1 aliphatic heterocycles. The van der Waals surface area contributed by atoms with Gasteiger partial charge in [0, 0.05) is 24.3 Å². The van der Waals surface area contributed by atoms with Crippen LogP contribution in [0.3, 0.4) is 0 Å². The molecule has 2 N–H and O–H groups in total. The van der Waals surface area contributed by atoms with Crippen LogP contribution in [0.1, 0.15) is 32.1 Å². The largest absolute Gasteiger partial charge is 0.325 e. The summed E-state index contributed by atoms with van der Waals surface area (Å²) in [5.41, 5.74) is 1.66. The molecule has 0 spiro atoms. The van der Waals surface area contributed by atoms with Crippen molar-refractivity contribution in [3.63, 3.8) is 0 Å². The summed E-state index contributed by atoms with van der Waals surface area (Å²) in [6, 6.07) is 8.08. The highest BCUT2D eigenvalue weighted by Crippen LogP contribution is 2.33. The van der Waals surface area contributed by atoms with E-state index in [-0.39, 0.29) is 11.9 Å². The molecule has 126 valence electrons. The zero-order valence-electron chi connectivity index (χ0n) is 13.8. The van der Waals surface area contributed by atoms with Crippen molar-refractivity contribution >= 4 is 11.6 Å². The lowest BCUT2D eigenvalue weighted by molar-refractivity contribution is -0.117. The van der Waals surface area contributed by atoms with Gasteiger partial charge >= 0.3 is 0 Å². The SMILES string of the molecule is Cn1nnnc1-c1cccc(NC(=O)C2CC3CCCCC3N2)c1. The molecule has 1 aliphatic carbocycles. The van der Waals surface area contributed by atoms with Crippen molar-refractivity contribution in [2.24, 2.45) is 13.0 Å². The molecule has 0 bridgehead atoms. The van der Waals surface area contributed by atoms with Gasteiger partial charge in [0.25, 0.3) is 0 Å². The van der Waals surface area contributed by atoms with E-state index in [2.05, 4.69) is 26.2 Å². The number of aromatic nitrogens is 4. The number of rotatable bonds is 3. The zero-order valence-corrected chi connectivity index (χ0v) is 13.8. The van der Waals surface area contributed by atoms with E-state index in [0.717, 1.165) is 17.7 Å². The summed E-state index contributed by atoms with van der Waals surface area (Å²) in [5, 5.41) is 18.1. The summed E-state index contributed by atoms with van der Waals surface area (Å²) >= 11 is 0. The monoisotopic (exact) mass is 326 g/mol. The van der Waals surface area contributed by atoms with Crippen molar-refractivity contribution in [3.05, 3.63) is 24.3 Å². The summed E-state index contributed by atoms with van der Waals surface area (Å²) in [5.74, 6) is 1.39. The van der Waals surface area contributed by atoms with Crippen molar-refractivity contribution in [1.29, 1.82) is 0 Å². The normalized spacial score (nSPS) is 26.1. The second kappa shape index (κ2) is 6.32. The smallest absolute Gasteiger partial charge is 0.241 e. The second-order valence-corrected chi connectivity index (χ2v) is 6.80.